The number of esters is 1. The Labute approximate surface area is 177 Å². The minimum absolute atomic E-state index is 0.168. The molecule has 0 bridgehead atoms. The van der Waals surface area contributed by atoms with Crippen molar-refractivity contribution in [2.75, 3.05) is 18.7 Å². The van der Waals surface area contributed by atoms with Crippen molar-refractivity contribution in [3.05, 3.63) is 53.6 Å². The Morgan fingerprint density at radius 2 is 1.77 bits per heavy atom. The van der Waals surface area contributed by atoms with E-state index in [0.29, 0.717) is 28.5 Å². The van der Waals surface area contributed by atoms with Crippen LogP contribution in [-0.2, 0) is 19.2 Å². The van der Waals surface area contributed by atoms with Gasteiger partial charge in [-0.3, -0.25) is 9.59 Å². The van der Waals surface area contributed by atoms with Crippen molar-refractivity contribution >= 4 is 29.2 Å². The molecule has 10 nitrogen and oxygen atoms in total. The average Bonchev–Trinajstić information content (AvgIpc) is 3.21. The van der Waals surface area contributed by atoms with Crippen molar-refractivity contribution in [1.82, 2.24) is 0 Å². The predicted octanol–water partition coefficient (Wildman–Crippen LogP) is 1.83. The molecule has 0 saturated carbocycles. The molecule has 0 aromatic heterocycles. The highest BCUT2D eigenvalue weighted by atomic mass is 16.7. The molecule has 3 rings (SSSR count). The summed E-state index contributed by atoms with van der Waals surface area (Å²) in [5, 5.41) is 6.45. The normalized spacial score (nSPS) is 13.3. The second-order valence-electron chi connectivity index (χ2n) is 6.58. The largest absolute Gasteiger partial charge is 0.454 e. The molecule has 31 heavy (non-hydrogen) atoms. The average molecular weight is 427 g/mol. The van der Waals surface area contributed by atoms with Crippen molar-refractivity contribution in [3.63, 3.8) is 0 Å². The molecule has 2 aromatic rings. The molecule has 2 aromatic carbocycles. The first-order valence-electron chi connectivity index (χ1n) is 9.30. The van der Waals surface area contributed by atoms with Crippen LogP contribution in [-0.4, -0.2) is 43.0 Å². The molecule has 0 saturated heterocycles. The summed E-state index contributed by atoms with van der Waals surface area (Å²) in [4.78, 5) is 40.2. The lowest BCUT2D eigenvalue weighted by Gasteiger charge is -2.13. The zero-order valence-electron chi connectivity index (χ0n) is 16.9. The molecule has 0 spiro atoms. The van der Waals surface area contributed by atoms with E-state index in [4.69, 9.17) is 24.8 Å². The van der Waals surface area contributed by atoms with E-state index in [1.807, 2.05) is 0 Å². The second kappa shape index (κ2) is 9.61. The van der Waals surface area contributed by atoms with Crippen LogP contribution in [0, 0.1) is 0 Å². The van der Waals surface area contributed by atoms with Gasteiger partial charge >= 0.3 is 5.97 Å². The number of benzene rings is 2. The molecular weight excluding hydrogens is 406 g/mol. The molecule has 10 heteroatoms. The van der Waals surface area contributed by atoms with E-state index < -0.39 is 30.5 Å². The van der Waals surface area contributed by atoms with Crippen LogP contribution in [0.2, 0.25) is 0 Å². The van der Waals surface area contributed by atoms with Crippen LogP contribution in [0.3, 0.4) is 0 Å². The van der Waals surface area contributed by atoms with Crippen LogP contribution in [0.5, 0.6) is 11.5 Å². The highest BCUT2D eigenvalue weighted by Crippen LogP contribution is 2.32. The number of oxime groups is 1. The third-order valence-electron chi connectivity index (χ3n) is 4.29. The van der Waals surface area contributed by atoms with E-state index in [1.165, 1.54) is 31.2 Å². The molecule has 162 valence electrons. The zero-order chi connectivity index (χ0) is 22.4. The summed E-state index contributed by atoms with van der Waals surface area (Å²) in [7, 11) is 0. The van der Waals surface area contributed by atoms with E-state index in [0.717, 1.165) is 5.56 Å². The highest BCUT2D eigenvalue weighted by molar-refractivity contribution is 5.99. The molecule has 0 fully saturated rings. The SMILES string of the molecule is CC(=NOCC(=O)OC(C)C(=O)Nc1ccc(C(N)=O)cc1)c1ccc2c(c1)OCO2. The summed E-state index contributed by atoms with van der Waals surface area (Å²) >= 11 is 0. The van der Waals surface area contributed by atoms with Gasteiger partial charge in [0.25, 0.3) is 5.91 Å². The smallest absolute Gasteiger partial charge is 0.347 e. The van der Waals surface area contributed by atoms with Gasteiger partial charge in [-0.15, -0.1) is 0 Å². The van der Waals surface area contributed by atoms with Gasteiger partial charge in [0.1, 0.15) is 0 Å². The summed E-state index contributed by atoms with van der Waals surface area (Å²) in [6.45, 7) is 2.84. The van der Waals surface area contributed by atoms with Gasteiger partial charge in [0, 0.05) is 16.8 Å². The number of carbonyl (C=O) groups excluding carboxylic acids is 3. The van der Waals surface area contributed by atoms with Crippen LogP contribution in [0.15, 0.2) is 47.6 Å². The zero-order valence-corrected chi connectivity index (χ0v) is 16.9. The summed E-state index contributed by atoms with van der Waals surface area (Å²) in [6, 6.07) is 11.3. The summed E-state index contributed by atoms with van der Waals surface area (Å²) < 4.78 is 15.6. The minimum atomic E-state index is -1.06. The maximum Gasteiger partial charge on any atom is 0.347 e. The molecule has 1 aliphatic rings. The van der Waals surface area contributed by atoms with Crippen molar-refractivity contribution in [1.29, 1.82) is 0 Å². The number of nitrogens with two attached hydrogens (primary N) is 1. The van der Waals surface area contributed by atoms with Crippen LogP contribution in [0.1, 0.15) is 29.8 Å². The number of anilines is 1. The number of primary amides is 1. The van der Waals surface area contributed by atoms with Crippen LogP contribution < -0.4 is 20.5 Å². The molecule has 1 heterocycles. The Bertz CT molecular complexity index is 1020. The number of rotatable bonds is 8. The molecular formula is C21H21N3O7. The van der Waals surface area contributed by atoms with Crippen molar-refractivity contribution in [2.24, 2.45) is 10.9 Å². The van der Waals surface area contributed by atoms with E-state index in [9.17, 15) is 14.4 Å². The highest BCUT2D eigenvalue weighted by Gasteiger charge is 2.19. The Morgan fingerprint density at radius 1 is 1.10 bits per heavy atom. The first-order valence-corrected chi connectivity index (χ1v) is 9.30. The maximum absolute atomic E-state index is 12.2. The van der Waals surface area contributed by atoms with Gasteiger partial charge in [-0.1, -0.05) is 5.16 Å². The first-order chi connectivity index (χ1) is 14.8. The molecule has 1 unspecified atom stereocenters. The lowest BCUT2D eigenvalue weighted by Crippen LogP contribution is -2.31. The van der Waals surface area contributed by atoms with Gasteiger partial charge in [0.15, 0.2) is 17.6 Å². The van der Waals surface area contributed by atoms with Crippen molar-refractivity contribution in [3.8, 4) is 11.5 Å². The van der Waals surface area contributed by atoms with Gasteiger partial charge in [0.05, 0.1) is 5.71 Å². The fourth-order valence-corrected chi connectivity index (χ4v) is 2.60. The summed E-state index contributed by atoms with van der Waals surface area (Å²) in [5.41, 5.74) is 7.17. The van der Waals surface area contributed by atoms with Gasteiger partial charge in [-0.2, -0.15) is 0 Å². The van der Waals surface area contributed by atoms with Crippen LogP contribution >= 0.6 is 0 Å². The molecule has 1 atom stereocenters. The molecule has 1 aliphatic heterocycles. The second-order valence-corrected chi connectivity index (χ2v) is 6.58. The number of ether oxygens (including phenoxy) is 3. The summed E-state index contributed by atoms with van der Waals surface area (Å²) in [6.07, 6.45) is -1.06. The van der Waals surface area contributed by atoms with E-state index >= 15 is 0 Å². The lowest BCUT2D eigenvalue weighted by atomic mass is 10.1. The van der Waals surface area contributed by atoms with Crippen molar-refractivity contribution < 1.29 is 33.4 Å². The minimum Gasteiger partial charge on any atom is -0.454 e. The van der Waals surface area contributed by atoms with E-state index in [2.05, 4.69) is 10.5 Å². The first kappa shape index (κ1) is 21.6. The Balaban J connectivity index is 1.45. The Hall–Kier alpha value is -4.08. The topological polar surface area (TPSA) is 139 Å². The van der Waals surface area contributed by atoms with Gasteiger partial charge in [-0.05, 0) is 56.3 Å². The third kappa shape index (κ3) is 5.72. The van der Waals surface area contributed by atoms with Gasteiger partial charge < -0.3 is 30.1 Å². The van der Waals surface area contributed by atoms with Gasteiger partial charge in [0.2, 0.25) is 19.3 Å². The monoisotopic (exact) mass is 427 g/mol. The van der Waals surface area contributed by atoms with Crippen molar-refractivity contribution in [2.45, 2.75) is 20.0 Å². The third-order valence-corrected chi connectivity index (χ3v) is 4.29. The number of nitrogens with zero attached hydrogens (tertiary/aromatic N) is 1. The number of nitrogens with one attached hydrogen (secondary N) is 1. The molecule has 2 amide bonds. The number of fused-ring (bicyclic) bond motifs is 1. The quantitative estimate of drug-likeness (QED) is 0.372. The fraction of sp³-hybridized carbons (Fsp3) is 0.238. The molecule has 0 radical (unpaired) electrons. The maximum atomic E-state index is 12.2. The van der Waals surface area contributed by atoms with E-state index in [-0.39, 0.29) is 6.79 Å². The van der Waals surface area contributed by atoms with E-state index in [1.54, 1.807) is 25.1 Å². The van der Waals surface area contributed by atoms with Crippen LogP contribution in [0.25, 0.3) is 0 Å². The molecule has 3 N–H and O–H groups in total. The molecule has 0 aliphatic carbocycles. The number of hydrogen-bond acceptors (Lipinski definition) is 8. The predicted molar refractivity (Wildman–Crippen MR) is 110 cm³/mol. The van der Waals surface area contributed by atoms with Crippen LogP contribution in [0.4, 0.5) is 5.69 Å². The standard InChI is InChI=1S/C21H21N3O7/c1-12(15-5-8-17-18(9-15)29-11-28-17)24-30-10-19(25)31-13(2)21(27)23-16-6-3-14(4-7-16)20(22)26/h3-9,13H,10-11H2,1-2H3,(H2,22,26)(H,23,27). The fourth-order valence-electron chi connectivity index (χ4n) is 2.60. The Morgan fingerprint density at radius 3 is 2.48 bits per heavy atom. The lowest BCUT2D eigenvalue weighted by molar-refractivity contribution is -0.157. The summed E-state index contributed by atoms with van der Waals surface area (Å²) in [5.74, 6) is -0.613. The number of amides is 2. The Kier molecular flexibility index (Phi) is 6.71. The van der Waals surface area contributed by atoms with Gasteiger partial charge in [-0.25, -0.2) is 4.79 Å². The number of carbonyl (C=O) groups is 3. The number of hydrogen-bond donors (Lipinski definition) is 2.